The van der Waals surface area contributed by atoms with E-state index in [1.165, 1.54) is 23.8 Å². The van der Waals surface area contributed by atoms with Gasteiger partial charge in [-0.25, -0.2) is 0 Å². The fraction of sp³-hybridized carbons (Fsp3) is 0.156. The standard InChI is InChI=1S/C32H27N3O6/c1-19-24(20(2)36)15-26(32(38)35(19)22-8-6-5-7-9-22)28(37)14-21-10-11-23(18-34-21)41-29-12-13-33-27-17-31(40-4)30(39-3)16-25(27)29/h5-13,15-18H,14H2,1-4H3. The molecule has 0 spiro atoms. The summed E-state index contributed by atoms with van der Waals surface area (Å²) in [6.07, 6.45) is 3.01. The Balaban J connectivity index is 1.41. The Hall–Kier alpha value is -5.31. The molecule has 0 amide bonds. The summed E-state index contributed by atoms with van der Waals surface area (Å²) in [6.45, 7) is 3.10. The summed E-state index contributed by atoms with van der Waals surface area (Å²) in [4.78, 5) is 47.9. The molecule has 5 aromatic rings. The first kappa shape index (κ1) is 27.3. The number of hydrogen-bond donors (Lipinski definition) is 0. The molecule has 0 saturated heterocycles. The van der Waals surface area contributed by atoms with E-state index in [9.17, 15) is 14.4 Å². The van der Waals surface area contributed by atoms with Crippen LogP contribution < -0.4 is 19.8 Å². The van der Waals surface area contributed by atoms with Crippen molar-refractivity contribution in [3.05, 3.63) is 112 Å². The van der Waals surface area contributed by atoms with Gasteiger partial charge in [0.25, 0.3) is 5.56 Å². The first-order valence-electron chi connectivity index (χ1n) is 12.8. The lowest BCUT2D eigenvalue weighted by atomic mass is 10.0. The monoisotopic (exact) mass is 549 g/mol. The summed E-state index contributed by atoms with van der Waals surface area (Å²) in [7, 11) is 3.11. The number of benzene rings is 2. The van der Waals surface area contributed by atoms with Crippen LogP contribution in [0.25, 0.3) is 16.6 Å². The number of ketones is 2. The molecule has 3 aromatic heterocycles. The van der Waals surface area contributed by atoms with Crippen molar-refractivity contribution in [1.82, 2.24) is 14.5 Å². The molecular weight excluding hydrogens is 522 g/mol. The molecule has 0 atom stereocenters. The molecule has 5 rings (SSSR count). The molecule has 0 bridgehead atoms. The van der Waals surface area contributed by atoms with Crippen LogP contribution in [0.3, 0.4) is 0 Å². The average molecular weight is 550 g/mol. The lowest BCUT2D eigenvalue weighted by Crippen LogP contribution is -2.29. The van der Waals surface area contributed by atoms with Gasteiger partial charge in [0.2, 0.25) is 0 Å². The molecule has 0 aliphatic rings. The van der Waals surface area contributed by atoms with E-state index in [2.05, 4.69) is 9.97 Å². The lowest BCUT2D eigenvalue weighted by Gasteiger charge is -2.15. The number of carbonyl (C=O) groups is 2. The largest absolute Gasteiger partial charge is 0.493 e. The van der Waals surface area contributed by atoms with Crippen molar-refractivity contribution >= 4 is 22.5 Å². The van der Waals surface area contributed by atoms with Crippen molar-refractivity contribution in [3.63, 3.8) is 0 Å². The van der Waals surface area contributed by atoms with Crippen LogP contribution in [-0.4, -0.2) is 40.3 Å². The van der Waals surface area contributed by atoms with Crippen molar-refractivity contribution in [2.24, 2.45) is 0 Å². The van der Waals surface area contributed by atoms with Gasteiger partial charge < -0.3 is 14.2 Å². The molecule has 0 N–H and O–H groups in total. The molecule has 9 nitrogen and oxygen atoms in total. The van der Waals surface area contributed by atoms with E-state index in [1.807, 2.05) is 6.07 Å². The number of methoxy groups -OCH3 is 2. The van der Waals surface area contributed by atoms with Crippen LogP contribution in [0.4, 0.5) is 0 Å². The number of aromatic nitrogens is 3. The Bertz CT molecular complexity index is 1830. The zero-order chi connectivity index (χ0) is 29.1. The third-order valence-electron chi connectivity index (χ3n) is 6.72. The molecule has 206 valence electrons. The van der Waals surface area contributed by atoms with Gasteiger partial charge in [0.05, 0.1) is 37.9 Å². The smallest absolute Gasteiger partial charge is 0.266 e. The maximum absolute atomic E-state index is 13.4. The molecule has 0 unspecified atom stereocenters. The first-order valence-corrected chi connectivity index (χ1v) is 12.8. The fourth-order valence-corrected chi connectivity index (χ4v) is 4.65. The first-order chi connectivity index (χ1) is 19.8. The van der Waals surface area contributed by atoms with Crippen LogP contribution in [0.15, 0.2) is 83.9 Å². The summed E-state index contributed by atoms with van der Waals surface area (Å²) in [5, 5.41) is 0.722. The minimum Gasteiger partial charge on any atom is -0.493 e. The number of ether oxygens (including phenoxy) is 3. The number of pyridine rings is 3. The molecule has 3 heterocycles. The predicted octanol–water partition coefficient (Wildman–Crippen LogP) is 5.53. The number of carbonyl (C=O) groups excluding carboxylic acids is 2. The van der Waals surface area contributed by atoms with Gasteiger partial charge in [0.1, 0.15) is 11.5 Å². The van der Waals surface area contributed by atoms with Gasteiger partial charge in [0, 0.05) is 40.3 Å². The summed E-state index contributed by atoms with van der Waals surface area (Å²) >= 11 is 0. The Morgan fingerprint density at radius 2 is 1.59 bits per heavy atom. The second-order valence-corrected chi connectivity index (χ2v) is 9.31. The van der Waals surface area contributed by atoms with Gasteiger partial charge in [-0.2, -0.15) is 0 Å². The Labute approximate surface area is 236 Å². The zero-order valence-electron chi connectivity index (χ0n) is 23.0. The van der Waals surface area contributed by atoms with E-state index >= 15 is 0 Å². The molecule has 0 fully saturated rings. The number of fused-ring (bicyclic) bond motifs is 1. The second kappa shape index (κ2) is 11.4. The summed E-state index contributed by atoms with van der Waals surface area (Å²) in [5.74, 6) is 1.41. The molecule has 41 heavy (non-hydrogen) atoms. The fourth-order valence-electron chi connectivity index (χ4n) is 4.65. The van der Waals surface area contributed by atoms with E-state index in [-0.39, 0.29) is 17.8 Å². The van der Waals surface area contributed by atoms with E-state index in [4.69, 9.17) is 14.2 Å². The topological polar surface area (TPSA) is 110 Å². The highest BCUT2D eigenvalue weighted by molar-refractivity contribution is 6.01. The number of hydrogen-bond acceptors (Lipinski definition) is 8. The summed E-state index contributed by atoms with van der Waals surface area (Å²) in [5.41, 5.74) is 1.92. The van der Waals surface area contributed by atoms with E-state index in [1.54, 1.807) is 81.9 Å². The highest BCUT2D eigenvalue weighted by Crippen LogP contribution is 2.36. The number of Topliss-reactive ketones (excluding diaryl/α,β-unsaturated/α-hetero) is 2. The van der Waals surface area contributed by atoms with Crippen LogP contribution in [-0.2, 0) is 6.42 Å². The average Bonchev–Trinajstić information content (AvgIpc) is 2.98. The summed E-state index contributed by atoms with van der Waals surface area (Å²) in [6, 6.07) is 18.9. The molecule has 2 aromatic carbocycles. The van der Waals surface area contributed by atoms with E-state index in [0.717, 1.165) is 5.39 Å². The number of rotatable bonds is 9. The molecule has 0 radical (unpaired) electrons. The van der Waals surface area contributed by atoms with Crippen molar-refractivity contribution < 1.29 is 23.8 Å². The molecule has 9 heteroatoms. The van der Waals surface area contributed by atoms with Crippen molar-refractivity contribution in [3.8, 4) is 28.7 Å². The highest BCUT2D eigenvalue weighted by Gasteiger charge is 2.21. The maximum Gasteiger partial charge on any atom is 0.266 e. The van der Waals surface area contributed by atoms with Crippen LogP contribution in [0, 0.1) is 6.92 Å². The van der Waals surface area contributed by atoms with Crippen molar-refractivity contribution in [2.75, 3.05) is 14.2 Å². The minimum absolute atomic E-state index is 0.0700. The van der Waals surface area contributed by atoms with Gasteiger partial charge in [0.15, 0.2) is 23.1 Å². The summed E-state index contributed by atoms with van der Waals surface area (Å²) < 4.78 is 18.2. The van der Waals surface area contributed by atoms with Crippen molar-refractivity contribution in [1.29, 1.82) is 0 Å². The van der Waals surface area contributed by atoms with Gasteiger partial charge in [-0.15, -0.1) is 0 Å². The third-order valence-corrected chi connectivity index (χ3v) is 6.72. The van der Waals surface area contributed by atoms with Crippen LogP contribution >= 0.6 is 0 Å². The van der Waals surface area contributed by atoms with Crippen LogP contribution in [0.2, 0.25) is 0 Å². The van der Waals surface area contributed by atoms with Crippen molar-refractivity contribution in [2.45, 2.75) is 20.3 Å². The van der Waals surface area contributed by atoms with E-state index < -0.39 is 11.3 Å². The predicted molar refractivity (Wildman–Crippen MR) is 154 cm³/mol. The third kappa shape index (κ3) is 5.42. The SMILES string of the molecule is COc1cc2nccc(Oc3ccc(CC(=O)c4cc(C(C)=O)c(C)n(-c5ccccc5)c4=O)nc3)c2cc1OC. The minimum atomic E-state index is -0.486. The van der Waals surface area contributed by atoms with Crippen LogP contribution in [0.5, 0.6) is 23.0 Å². The molecular formula is C32H27N3O6. The van der Waals surface area contributed by atoms with Crippen LogP contribution in [0.1, 0.15) is 39.0 Å². The lowest BCUT2D eigenvalue weighted by molar-refractivity contribution is 0.0990. The number of nitrogens with zero attached hydrogens (tertiary/aromatic N) is 3. The second-order valence-electron chi connectivity index (χ2n) is 9.31. The Morgan fingerprint density at radius 1 is 0.854 bits per heavy atom. The Kier molecular flexibility index (Phi) is 7.60. The van der Waals surface area contributed by atoms with E-state index in [0.29, 0.717) is 51.2 Å². The molecule has 0 aliphatic carbocycles. The van der Waals surface area contributed by atoms with Gasteiger partial charge in [-0.1, -0.05) is 18.2 Å². The molecule has 0 saturated carbocycles. The maximum atomic E-state index is 13.4. The number of para-hydroxylation sites is 1. The Morgan fingerprint density at radius 3 is 2.24 bits per heavy atom. The van der Waals surface area contributed by atoms with Gasteiger partial charge >= 0.3 is 0 Å². The zero-order valence-corrected chi connectivity index (χ0v) is 23.0. The highest BCUT2D eigenvalue weighted by atomic mass is 16.5. The van der Waals surface area contributed by atoms with Gasteiger partial charge in [-0.05, 0) is 56.3 Å². The molecule has 0 aliphatic heterocycles. The normalized spacial score (nSPS) is 10.8. The van der Waals surface area contributed by atoms with Gasteiger partial charge in [-0.3, -0.25) is 28.9 Å². The quantitative estimate of drug-likeness (QED) is 0.221.